The number of hydrazone groups is 1. The van der Waals surface area contributed by atoms with Crippen LogP contribution in [0.25, 0.3) is 0 Å². The van der Waals surface area contributed by atoms with Crippen LogP contribution < -0.4 is 5.43 Å². The Hall–Kier alpha value is -2.73. The van der Waals surface area contributed by atoms with E-state index in [0.29, 0.717) is 5.69 Å². The number of nitro groups is 1. The largest absolute Gasteiger partial charge is 0.392 e. The highest BCUT2D eigenvalue weighted by Gasteiger charge is 2.04. The molecular formula is C16H17N3O3. The molecule has 0 saturated carbocycles. The van der Waals surface area contributed by atoms with Gasteiger partial charge in [-0.15, -0.1) is 0 Å². The minimum Gasteiger partial charge on any atom is -0.392 e. The molecule has 0 saturated heterocycles. The molecule has 2 N–H and O–H groups in total. The van der Waals surface area contributed by atoms with E-state index in [4.69, 9.17) is 0 Å². The van der Waals surface area contributed by atoms with Crippen LogP contribution in [0.5, 0.6) is 0 Å². The molecule has 6 heteroatoms. The number of nitro benzene ring substituents is 1. The van der Waals surface area contributed by atoms with Gasteiger partial charge in [0.05, 0.1) is 23.4 Å². The monoisotopic (exact) mass is 299 g/mol. The van der Waals surface area contributed by atoms with E-state index in [0.717, 1.165) is 22.3 Å². The smallest absolute Gasteiger partial charge is 0.269 e. The van der Waals surface area contributed by atoms with Crippen molar-refractivity contribution in [2.24, 2.45) is 5.10 Å². The molecule has 0 aromatic heterocycles. The number of anilines is 1. The SMILES string of the molecule is Cc1cc(/C=N\Nc2ccc([N+](=O)[O-])cc2)c(C)c(CO)c1. The molecule has 0 aliphatic rings. The molecule has 0 aliphatic carbocycles. The van der Waals surface area contributed by atoms with Crippen molar-refractivity contribution in [1.82, 2.24) is 0 Å². The zero-order chi connectivity index (χ0) is 16.1. The van der Waals surface area contributed by atoms with E-state index in [9.17, 15) is 15.2 Å². The summed E-state index contributed by atoms with van der Waals surface area (Å²) in [6.07, 6.45) is 1.67. The number of benzene rings is 2. The highest BCUT2D eigenvalue weighted by molar-refractivity contribution is 5.83. The molecular weight excluding hydrogens is 282 g/mol. The lowest BCUT2D eigenvalue weighted by molar-refractivity contribution is -0.384. The summed E-state index contributed by atoms with van der Waals surface area (Å²) in [5, 5.41) is 24.0. The van der Waals surface area contributed by atoms with Crippen molar-refractivity contribution in [2.75, 3.05) is 5.43 Å². The maximum absolute atomic E-state index is 10.6. The second kappa shape index (κ2) is 6.82. The first-order valence-electron chi connectivity index (χ1n) is 6.76. The Morgan fingerprint density at radius 2 is 1.95 bits per heavy atom. The third kappa shape index (κ3) is 3.67. The standard InChI is InChI=1S/C16H17N3O3/c1-11-7-13(12(2)14(8-11)10-20)9-17-18-15-3-5-16(6-4-15)19(21)22/h3-9,18,20H,10H2,1-2H3/b17-9-. The molecule has 2 rings (SSSR count). The predicted molar refractivity (Wildman–Crippen MR) is 86.2 cm³/mol. The summed E-state index contributed by atoms with van der Waals surface area (Å²) in [7, 11) is 0. The van der Waals surface area contributed by atoms with Crippen LogP contribution >= 0.6 is 0 Å². The van der Waals surface area contributed by atoms with Gasteiger partial charge in [-0.3, -0.25) is 15.5 Å². The lowest BCUT2D eigenvalue weighted by Crippen LogP contribution is -1.98. The fourth-order valence-corrected chi connectivity index (χ4v) is 2.10. The Labute approximate surface area is 128 Å². The summed E-state index contributed by atoms with van der Waals surface area (Å²) in [6.45, 7) is 3.88. The van der Waals surface area contributed by atoms with Crippen LogP contribution in [0.3, 0.4) is 0 Å². The zero-order valence-electron chi connectivity index (χ0n) is 12.4. The Balaban J connectivity index is 2.12. The van der Waals surface area contributed by atoms with Crippen LogP contribution in [-0.4, -0.2) is 16.2 Å². The maximum atomic E-state index is 10.6. The number of hydrogen-bond donors (Lipinski definition) is 2. The second-order valence-corrected chi connectivity index (χ2v) is 4.97. The summed E-state index contributed by atoms with van der Waals surface area (Å²) in [5.74, 6) is 0. The van der Waals surface area contributed by atoms with Gasteiger partial charge < -0.3 is 5.11 Å². The number of rotatable bonds is 5. The van der Waals surface area contributed by atoms with Gasteiger partial charge in [-0.05, 0) is 42.7 Å². The van der Waals surface area contributed by atoms with Crippen molar-refractivity contribution < 1.29 is 10.0 Å². The summed E-state index contributed by atoms with van der Waals surface area (Å²) in [6, 6.07) is 9.95. The number of aliphatic hydroxyl groups excluding tert-OH is 1. The molecule has 0 amide bonds. The number of nitrogens with one attached hydrogen (secondary N) is 1. The lowest BCUT2D eigenvalue weighted by Gasteiger charge is -2.08. The second-order valence-electron chi connectivity index (χ2n) is 4.97. The van der Waals surface area contributed by atoms with Crippen molar-refractivity contribution in [3.8, 4) is 0 Å². The van der Waals surface area contributed by atoms with E-state index in [1.807, 2.05) is 26.0 Å². The van der Waals surface area contributed by atoms with Crippen LogP contribution in [-0.2, 0) is 6.61 Å². The van der Waals surface area contributed by atoms with Crippen LogP contribution in [0.1, 0.15) is 22.3 Å². The Kier molecular flexibility index (Phi) is 4.85. The number of non-ortho nitro benzene ring substituents is 1. The normalized spacial score (nSPS) is 10.9. The zero-order valence-corrected chi connectivity index (χ0v) is 12.4. The topological polar surface area (TPSA) is 87.8 Å². The van der Waals surface area contributed by atoms with E-state index in [1.165, 1.54) is 12.1 Å². The quantitative estimate of drug-likeness (QED) is 0.504. The first-order chi connectivity index (χ1) is 10.5. The van der Waals surface area contributed by atoms with E-state index < -0.39 is 4.92 Å². The summed E-state index contributed by atoms with van der Waals surface area (Å²) in [4.78, 5) is 10.1. The molecule has 0 aliphatic heterocycles. The summed E-state index contributed by atoms with van der Waals surface area (Å²) < 4.78 is 0. The minimum absolute atomic E-state index is 0.00979. The molecule has 22 heavy (non-hydrogen) atoms. The molecule has 0 bridgehead atoms. The van der Waals surface area contributed by atoms with Crippen molar-refractivity contribution in [3.05, 3.63) is 68.8 Å². The van der Waals surface area contributed by atoms with Gasteiger partial charge in [-0.2, -0.15) is 5.10 Å². The van der Waals surface area contributed by atoms with Crippen LogP contribution in [0.15, 0.2) is 41.5 Å². The first-order valence-corrected chi connectivity index (χ1v) is 6.76. The van der Waals surface area contributed by atoms with E-state index in [-0.39, 0.29) is 12.3 Å². The van der Waals surface area contributed by atoms with E-state index in [2.05, 4.69) is 10.5 Å². The Morgan fingerprint density at radius 1 is 1.27 bits per heavy atom. The van der Waals surface area contributed by atoms with Gasteiger partial charge in [0.15, 0.2) is 0 Å². The van der Waals surface area contributed by atoms with Crippen molar-refractivity contribution in [2.45, 2.75) is 20.5 Å². The van der Waals surface area contributed by atoms with Gasteiger partial charge >= 0.3 is 0 Å². The Bertz CT molecular complexity index is 709. The number of aliphatic hydroxyl groups is 1. The number of aryl methyl sites for hydroxylation is 1. The average Bonchev–Trinajstić information content (AvgIpc) is 2.50. The highest BCUT2D eigenvalue weighted by atomic mass is 16.6. The lowest BCUT2D eigenvalue weighted by atomic mass is 10.0. The van der Waals surface area contributed by atoms with Crippen molar-refractivity contribution >= 4 is 17.6 Å². The van der Waals surface area contributed by atoms with Crippen LogP contribution in [0, 0.1) is 24.0 Å². The average molecular weight is 299 g/mol. The Morgan fingerprint density at radius 3 is 2.55 bits per heavy atom. The van der Waals surface area contributed by atoms with Gasteiger partial charge in [-0.25, -0.2) is 0 Å². The molecule has 0 radical (unpaired) electrons. The molecule has 0 unspecified atom stereocenters. The molecule has 2 aromatic carbocycles. The minimum atomic E-state index is -0.445. The fraction of sp³-hybridized carbons (Fsp3) is 0.188. The molecule has 114 valence electrons. The predicted octanol–water partition coefficient (Wildman–Crippen LogP) is 3.15. The number of nitrogens with zero attached hydrogens (tertiary/aromatic N) is 2. The molecule has 0 heterocycles. The van der Waals surface area contributed by atoms with E-state index in [1.54, 1.807) is 18.3 Å². The van der Waals surface area contributed by atoms with Crippen LogP contribution in [0.4, 0.5) is 11.4 Å². The molecule has 0 spiro atoms. The third-order valence-corrected chi connectivity index (χ3v) is 3.35. The summed E-state index contributed by atoms with van der Waals surface area (Å²) >= 11 is 0. The number of hydrogen-bond acceptors (Lipinski definition) is 5. The maximum Gasteiger partial charge on any atom is 0.269 e. The van der Waals surface area contributed by atoms with Crippen molar-refractivity contribution in [3.63, 3.8) is 0 Å². The molecule has 2 aromatic rings. The van der Waals surface area contributed by atoms with Gasteiger partial charge in [0.2, 0.25) is 0 Å². The van der Waals surface area contributed by atoms with Crippen LogP contribution in [0.2, 0.25) is 0 Å². The molecule has 0 atom stereocenters. The first kappa shape index (κ1) is 15.7. The third-order valence-electron chi connectivity index (χ3n) is 3.35. The fourth-order valence-electron chi connectivity index (χ4n) is 2.10. The van der Waals surface area contributed by atoms with Gasteiger partial charge in [0.1, 0.15) is 0 Å². The van der Waals surface area contributed by atoms with Gasteiger partial charge in [-0.1, -0.05) is 17.7 Å². The van der Waals surface area contributed by atoms with Gasteiger partial charge in [0, 0.05) is 12.1 Å². The molecule has 6 nitrogen and oxygen atoms in total. The van der Waals surface area contributed by atoms with E-state index >= 15 is 0 Å². The highest BCUT2D eigenvalue weighted by Crippen LogP contribution is 2.17. The summed E-state index contributed by atoms with van der Waals surface area (Å²) in [5.41, 5.74) is 7.34. The molecule has 0 fully saturated rings. The van der Waals surface area contributed by atoms with Gasteiger partial charge in [0.25, 0.3) is 5.69 Å². The van der Waals surface area contributed by atoms with Crippen molar-refractivity contribution in [1.29, 1.82) is 0 Å².